The Morgan fingerprint density at radius 1 is 1.04 bits per heavy atom. The maximum absolute atomic E-state index is 13.2. The Bertz CT molecular complexity index is 882. The second kappa shape index (κ2) is 7.08. The zero-order valence-corrected chi connectivity index (χ0v) is 16.9. The summed E-state index contributed by atoms with van der Waals surface area (Å²) in [4.78, 5) is 30.0. The third-order valence-electron chi connectivity index (χ3n) is 6.34. The predicted octanol–water partition coefficient (Wildman–Crippen LogP) is 4.21. The summed E-state index contributed by atoms with van der Waals surface area (Å²) in [5.41, 5.74) is 2.66. The Morgan fingerprint density at radius 2 is 1.71 bits per heavy atom. The molecule has 28 heavy (non-hydrogen) atoms. The lowest BCUT2D eigenvalue weighted by molar-refractivity contribution is -0.184. The summed E-state index contributed by atoms with van der Waals surface area (Å²) in [7, 11) is 0. The zero-order chi connectivity index (χ0) is 19.9. The second-order valence-electron chi connectivity index (χ2n) is 8.44. The summed E-state index contributed by atoms with van der Waals surface area (Å²) in [5, 5.41) is 0. The molecule has 0 saturated carbocycles. The van der Waals surface area contributed by atoms with Crippen LogP contribution in [0.4, 0.5) is 0 Å². The van der Waals surface area contributed by atoms with Gasteiger partial charge in [-0.3, -0.25) is 9.59 Å². The van der Waals surface area contributed by atoms with Gasteiger partial charge in [-0.1, -0.05) is 48.0 Å². The minimum Gasteiger partial charge on any atom is -0.339 e. The van der Waals surface area contributed by atoms with Gasteiger partial charge in [0.15, 0.2) is 0 Å². The Morgan fingerprint density at radius 3 is 2.32 bits per heavy atom. The molecule has 4 heteroatoms. The Kier molecular flexibility index (Phi) is 4.74. The third-order valence-corrected chi connectivity index (χ3v) is 6.34. The lowest BCUT2D eigenvalue weighted by Gasteiger charge is -2.60. The van der Waals surface area contributed by atoms with E-state index in [-0.39, 0.29) is 29.3 Å². The summed E-state index contributed by atoms with van der Waals surface area (Å²) < 4.78 is 0. The fourth-order valence-electron chi connectivity index (χ4n) is 4.90. The number of benzene rings is 2. The molecular weight excluding hydrogens is 348 g/mol. The highest BCUT2D eigenvalue weighted by molar-refractivity contribution is 5.95. The number of carbonyl (C=O) groups is 2. The largest absolute Gasteiger partial charge is 0.339 e. The molecule has 2 saturated heterocycles. The van der Waals surface area contributed by atoms with Crippen LogP contribution in [0.3, 0.4) is 0 Å². The highest BCUT2D eigenvalue weighted by atomic mass is 16.2. The van der Waals surface area contributed by atoms with Crippen molar-refractivity contribution >= 4 is 11.8 Å². The predicted molar refractivity (Wildman–Crippen MR) is 110 cm³/mol. The van der Waals surface area contributed by atoms with E-state index in [0.717, 1.165) is 24.0 Å². The van der Waals surface area contributed by atoms with Crippen molar-refractivity contribution in [3.8, 4) is 0 Å². The smallest absolute Gasteiger partial charge is 0.253 e. The van der Waals surface area contributed by atoms with Gasteiger partial charge in [-0.2, -0.15) is 0 Å². The van der Waals surface area contributed by atoms with Crippen LogP contribution in [0.2, 0.25) is 0 Å². The van der Waals surface area contributed by atoms with Crippen molar-refractivity contribution in [2.75, 3.05) is 13.1 Å². The number of rotatable bonds is 3. The summed E-state index contributed by atoms with van der Waals surface area (Å²) in [5.74, 6) is 0.321. The molecule has 0 aromatic heterocycles. The molecule has 0 aliphatic carbocycles. The second-order valence-corrected chi connectivity index (χ2v) is 8.44. The SMILES string of the molecule is Cc1cccc(C(=O)N2CCC3(CC2)C(=O)N(C(C)C)C3c2ccccc2)c1. The van der Waals surface area contributed by atoms with Crippen LogP contribution in [-0.4, -0.2) is 40.7 Å². The van der Waals surface area contributed by atoms with Gasteiger partial charge in [0, 0.05) is 24.7 Å². The van der Waals surface area contributed by atoms with Crippen LogP contribution in [0.1, 0.15) is 54.2 Å². The molecule has 2 aliphatic rings. The lowest BCUT2D eigenvalue weighted by Crippen LogP contribution is -2.68. The van der Waals surface area contributed by atoms with Gasteiger partial charge in [-0.05, 0) is 51.3 Å². The molecule has 4 nitrogen and oxygen atoms in total. The van der Waals surface area contributed by atoms with Crippen LogP contribution in [0.15, 0.2) is 54.6 Å². The summed E-state index contributed by atoms with van der Waals surface area (Å²) in [6.07, 6.45) is 1.46. The zero-order valence-electron chi connectivity index (χ0n) is 16.9. The van der Waals surface area contributed by atoms with Gasteiger partial charge in [-0.25, -0.2) is 0 Å². The molecule has 1 unspecified atom stereocenters. The van der Waals surface area contributed by atoms with E-state index in [1.54, 1.807) is 0 Å². The van der Waals surface area contributed by atoms with Gasteiger partial charge in [0.25, 0.3) is 5.91 Å². The average molecular weight is 376 g/mol. The highest BCUT2D eigenvalue weighted by Crippen LogP contribution is 2.56. The summed E-state index contributed by atoms with van der Waals surface area (Å²) >= 11 is 0. The molecule has 1 atom stereocenters. The number of hydrogen-bond acceptors (Lipinski definition) is 2. The molecule has 2 heterocycles. The molecule has 2 amide bonds. The summed E-state index contributed by atoms with van der Waals surface area (Å²) in [6, 6.07) is 18.4. The number of β-lactam (4-membered cyclic amide) rings is 1. The van der Waals surface area contributed by atoms with Crippen molar-refractivity contribution in [2.45, 2.75) is 45.7 Å². The number of piperidine rings is 1. The van der Waals surface area contributed by atoms with Gasteiger partial charge in [0.05, 0.1) is 11.5 Å². The molecule has 0 radical (unpaired) electrons. The first-order chi connectivity index (χ1) is 13.4. The van der Waals surface area contributed by atoms with Crippen molar-refractivity contribution in [3.63, 3.8) is 0 Å². The first-order valence-electron chi connectivity index (χ1n) is 10.2. The topological polar surface area (TPSA) is 40.6 Å². The van der Waals surface area contributed by atoms with Gasteiger partial charge in [0.1, 0.15) is 0 Å². The van der Waals surface area contributed by atoms with Gasteiger partial charge < -0.3 is 9.80 Å². The van der Waals surface area contributed by atoms with Crippen LogP contribution in [0.25, 0.3) is 0 Å². The third kappa shape index (κ3) is 2.92. The fourth-order valence-corrected chi connectivity index (χ4v) is 4.90. The monoisotopic (exact) mass is 376 g/mol. The minimum absolute atomic E-state index is 0.0716. The van der Waals surface area contributed by atoms with Crippen molar-refractivity contribution in [2.24, 2.45) is 5.41 Å². The molecule has 146 valence electrons. The van der Waals surface area contributed by atoms with Crippen molar-refractivity contribution < 1.29 is 9.59 Å². The quantitative estimate of drug-likeness (QED) is 0.753. The van der Waals surface area contributed by atoms with Gasteiger partial charge >= 0.3 is 0 Å². The van der Waals surface area contributed by atoms with Crippen molar-refractivity contribution in [1.29, 1.82) is 0 Å². The molecule has 2 aliphatic heterocycles. The van der Waals surface area contributed by atoms with E-state index < -0.39 is 0 Å². The molecule has 2 fully saturated rings. The highest BCUT2D eigenvalue weighted by Gasteiger charge is 2.62. The first kappa shape index (κ1) is 18.7. The summed E-state index contributed by atoms with van der Waals surface area (Å²) in [6.45, 7) is 7.43. The number of aryl methyl sites for hydroxylation is 1. The molecule has 2 aromatic carbocycles. The molecule has 0 N–H and O–H groups in total. The number of hydrogen-bond donors (Lipinski definition) is 0. The van der Waals surface area contributed by atoms with E-state index in [9.17, 15) is 9.59 Å². The minimum atomic E-state index is -0.366. The Balaban J connectivity index is 1.55. The molecular formula is C24H28N2O2. The van der Waals surface area contributed by atoms with Gasteiger partial charge in [0.2, 0.25) is 5.91 Å². The van der Waals surface area contributed by atoms with Crippen LogP contribution in [-0.2, 0) is 4.79 Å². The van der Waals surface area contributed by atoms with E-state index in [0.29, 0.717) is 13.1 Å². The van der Waals surface area contributed by atoms with E-state index in [4.69, 9.17) is 0 Å². The number of nitrogens with zero attached hydrogens (tertiary/aromatic N) is 2. The molecule has 1 spiro atoms. The van der Waals surface area contributed by atoms with E-state index in [2.05, 4.69) is 26.0 Å². The van der Waals surface area contributed by atoms with Gasteiger partial charge in [-0.15, -0.1) is 0 Å². The standard InChI is InChI=1S/C24H28N2O2/c1-17(2)26-21(19-9-5-4-6-10-19)24(23(26)28)12-14-25(15-13-24)22(27)20-11-7-8-18(3)16-20/h4-11,16-17,21H,12-15H2,1-3H3. The molecule has 2 aromatic rings. The van der Waals surface area contributed by atoms with Crippen molar-refractivity contribution in [3.05, 3.63) is 71.3 Å². The average Bonchev–Trinajstić information content (AvgIpc) is 2.71. The maximum atomic E-state index is 13.2. The number of amides is 2. The van der Waals surface area contributed by atoms with Crippen LogP contribution in [0, 0.1) is 12.3 Å². The lowest BCUT2D eigenvalue weighted by atomic mass is 9.61. The van der Waals surface area contributed by atoms with E-state index in [1.807, 2.05) is 59.2 Å². The molecule has 4 rings (SSSR count). The first-order valence-corrected chi connectivity index (χ1v) is 10.2. The Labute approximate surface area is 167 Å². The van der Waals surface area contributed by atoms with Crippen LogP contribution >= 0.6 is 0 Å². The normalized spacial score (nSPS) is 21.1. The Hall–Kier alpha value is -2.62. The fraction of sp³-hybridized carbons (Fsp3) is 0.417. The van der Waals surface area contributed by atoms with Crippen LogP contribution < -0.4 is 0 Å². The van der Waals surface area contributed by atoms with Crippen molar-refractivity contribution in [1.82, 2.24) is 9.80 Å². The number of carbonyl (C=O) groups excluding carboxylic acids is 2. The van der Waals surface area contributed by atoms with Crippen LogP contribution in [0.5, 0.6) is 0 Å². The molecule has 0 bridgehead atoms. The maximum Gasteiger partial charge on any atom is 0.253 e. The van der Waals surface area contributed by atoms with E-state index >= 15 is 0 Å². The number of likely N-dealkylation sites (tertiary alicyclic amines) is 2. The van der Waals surface area contributed by atoms with E-state index in [1.165, 1.54) is 5.56 Å².